The van der Waals surface area contributed by atoms with Crippen molar-refractivity contribution in [1.82, 2.24) is 10.3 Å². The topological polar surface area (TPSA) is 51.2 Å². The number of nitrogens with one attached hydrogen (secondary N) is 1. The fourth-order valence-electron chi connectivity index (χ4n) is 2.93. The lowest BCUT2D eigenvalue weighted by Gasteiger charge is -2.09. The Morgan fingerprint density at radius 1 is 0.931 bits per heavy atom. The quantitative estimate of drug-likeness (QED) is 0.465. The van der Waals surface area contributed by atoms with E-state index in [1.54, 1.807) is 17.5 Å². The van der Waals surface area contributed by atoms with Gasteiger partial charge in [0, 0.05) is 23.7 Å². The Morgan fingerprint density at radius 2 is 1.72 bits per heavy atom. The van der Waals surface area contributed by atoms with Crippen LogP contribution < -0.4 is 10.1 Å². The van der Waals surface area contributed by atoms with Gasteiger partial charge in [0.25, 0.3) is 5.91 Å². The molecule has 0 radical (unpaired) electrons. The van der Waals surface area contributed by atoms with Crippen LogP contribution in [0.1, 0.15) is 5.56 Å². The van der Waals surface area contributed by atoms with E-state index >= 15 is 0 Å². The van der Waals surface area contributed by atoms with Gasteiger partial charge in [-0.1, -0.05) is 42.5 Å². The summed E-state index contributed by atoms with van der Waals surface area (Å²) >= 11 is 1.64. The average Bonchev–Trinajstić information content (AvgIpc) is 3.33. The lowest BCUT2D eigenvalue weighted by molar-refractivity contribution is -0.123. The number of aromatic nitrogens is 1. The van der Waals surface area contributed by atoms with E-state index in [-0.39, 0.29) is 12.5 Å². The van der Waals surface area contributed by atoms with Crippen LogP contribution in [0.15, 0.2) is 89.8 Å². The van der Waals surface area contributed by atoms with Crippen molar-refractivity contribution in [3.05, 3.63) is 95.3 Å². The van der Waals surface area contributed by atoms with E-state index in [1.165, 1.54) is 0 Å². The molecule has 4 nitrogen and oxygen atoms in total. The minimum atomic E-state index is -0.161. The number of rotatable bonds is 7. The summed E-state index contributed by atoms with van der Waals surface area (Å²) in [4.78, 5) is 16.5. The highest BCUT2D eigenvalue weighted by Crippen LogP contribution is 2.22. The number of hydrogen-bond acceptors (Lipinski definition) is 4. The van der Waals surface area contributed by atoms with Crippen LogP contribution in [0.5, 0.6) is 5.75 Å². The Bertz CT molecular complexity index is 1060. The van der Waals surface area contributed by atoms with Gasteiger partial charge in [-0.15, -0.1) is 0 Å². The highest BCUT2D eigenvalue weighted by molar-refractivity contribution is 7.08. The molecule has 4 rings (SSSR count). The van der Waals surface area contributed by atoms with Gasteiger partial charge in [0.1, 0.15) is 5.75 Å². The molecule has 0 fully saturated rings. The molecule has 0 aliphatic carbocycles. The van der Waals surface area contributed by atoms with E-state index in [0.717, 1.165) is 27.9 Å². The second-order valence-electron chi connectivity index (χ2n) is 6.52. The monoisotopic (exact) mass is 400 g/mol. The third-order valence-electron chi connectivity index (χ3n) is 4.46. The van der Waals surface area contributed by atoms with E-state index in [9.17, 15) is 4.79 Å². The Labute approximate surface area is 173 Å². The second kappa shape index (κ2) is 9.17. The molecule has 0 saturated carbocycles. The van der Waals surface area contributed by atoms with E-state index in [0.29, 0.717) is 12.3 Å². The number of carbonyl (C=O) groups excluding carboxylic acids is 1. The molecule has 0 atom stereocenters. The van der Waals surface area contributed by atoms with Crippen molar-refractivity contribution in [2.45, 2.75) is 6.54 Å². The number of pyridine rings is 1. The molecule has 1 N–H and O–H groups in total. The van der Waals surface area contributed by atoms with Gasteiger partial charge in [-0.05, 0) is 52.4 Å². The Hall–Kier alpha value is -3.44. The molecule has 4 aromatic rings. The number of thiophene rings is 1. The molecule has 0 aliphatic rings. The molecule has 0 bridgehead atoms. The van der Waals surface area contributed by atoms with E-state index in [2.05, 4.69) is 27.8 Å². The smallest absolute Gasteiger partial charge is 0.258 e. The third kappa shape index (κ3) is 5.09. The predicted octanol–water partition coefficient (Wildman–Crippen LogP) is 5.17. The van der Waals surface area contributed by atoms with Gasteiger partial charge in [0.15, 0.2) is 6.61 Å². The number of ether oxygens (including phenoxy) is 1. The largest absolute Gasteiger partial charge is 0.484 e. The van der Waals surface area contributed by atoms with Crippen LogP contribution in [0, 0.1) is 0 Å². The zero-order valence-corrected chi connectivity index (χ0v) is 16.6. The molecule has 0 spiro atoms. The summed E-state index contributed by atoms with van der Waals surface area (Å²) in [5.74, 6) is 0.509. The van der Waals surface area contributed by atoms with Crippen molar-refractivity contribution in [3.63, 3.8) is 0 Å². The van der Waals surface area contributed by atoms with Gasteiger partial charge < -0.3 is 10.1 Å². The van der Waals surface area contributed by atoms with Crippen LogP contribution in [0.25, 0.3) is 22.4 Å². The van der Waals surface area contributed by atoms with Crippen LogP contribution in [0.2, 0.25) is 0 Å². The summed E-state index contributed by atoms with van der Waals surface area (Å²) < 4.78 is 5.61. The average molecular weight is 401 g/mol. The van der Waals surface area contributed by atoms with Crippen molar-refractivity contribution in [2.24, 2.45) is 0 Å². The first-order valence-electron chi connectivity index (χ1n) is 9.30. The zero-order valence-electron chi connectivity index (χ0n) is 15.7. The Balaban J connectivity index is 1.28. The maximum Gasteiger partial charge on any atom is 0.258 e. The van der Waals surface area contributed by atoms with Gasteiger partial charge in [0.2, 0.25) is 0 Å². The molecular weight excluding hydrogens is 380 g/mol. The summed E-state index contributed by atoms with van der Waals surface area (Å²) in [7, 11) is 0. The molecule has 2 heterocycles. The van der Waals surface area contributed by atoms with Crippen LogP contribution in [-0.2, 0) is 11.3 Å². The lowest BCUT2D eigenvalue weighted by Crippen LogP contribution is -2.28. The SMILES string of the molecule is O=C(COc1ccc(-c2ccccc2)cc1)NCc1ccnc(-c2ccsc2)c1. The number of hydrogen-bond donors (Lipinski definition) is 1. The third-order valence-corrected chi connectivity index (χ3v) is 5.15. The van der Waals surface area contributed by atoms with Gasteiger partial charge in [0.05, 0.1) is 5.69 Å². The van der Waals surface area contributed by atoms with Gasteiger partial charge in [-0.3, -0.25) is 9.78 Å². The summed E-state index contributed by atoms with van der Waals surface area (Å²) in [5, 5.41) is 6.97. The van der Waals surface area contributed by atoms with Gasteiger partial charge in [-0.25, -0.2) is 0 Å². The van der Waals surface area contributed by atoms with E-state index < -0.39 is 0 Å². The van der Waals surface area contributed by atoms with Crippen LogP contribution in [0.4, 0.5) is 0 Å². The summed E-state index contributed by atoms with van der Waals surface area (Å²) in [6.45, 7) is 0.419. The zero-order chi connectivity index (χ0) is 19.9. The first-order chi connectivity index (χ1) is 14.3. The minimum absolute atomic E-state index is 0.0207. The molecule has 2 aromatic heterocycles. The molecule has 29 heavy (non-hydrogen) atoms. The molecule has 0 unspecified atom stereocenters. The summed E-state index contributed by atoms with van der Waals surface area (Å²) in [6.07, 6.45) is 1.76. The van der Waals surface area contributed by atoms with Gasteiger partial charge >= 0.3 is 0 Å². The molecule has 0 saturated heterocycles. The van der Waals surface area contributed by atoms with Crippen molar-refractivity contribution >= 4 is 17.2 Å². The fourth-order valence-corrected chi connectivity index (χ4v) is 3.58. The van der Waals surface area contributed by atoms with Crippen molar-refractivity contribution in [2.75, 3.05) is 6.61 Å². The fraction of sp³-hybridized carbons (Fsp3) is 0.0833. The molecule has 1 amide bonds. The highest BCUT2D eigenvalue weighted by atomic mass is 32.1. The summed E-state index contributed by atoms with van der Waals surface area (Å²) in [5.41, 5.74) is 5.26. The maximum atomic E-state index is 12.1. The van der Waals surface area contributed by atoms with Crippen molar-refractivity contribution < 1.29 is 9.53 Å². The Morgan fingerprint density at radius 3 is 2.48 bits per heavy atom. The number of carbonyl (C=O) groups is 1. The molecular formula is C24H20N2O2S. The normalized spacial score (nSPS) is 10.5. The van der Waals surface area contributed by atoms with E-state index in [1.807, 2.05) is 66.0 Å². The summed E-state index contributed by atoms with van der Waals surface area (Å²) in [6, 6.07) is 23.8. The second-order valence-corrected chi connectivity index (χ2v) is 7.30. The van der Waals surface area contributed by atoms with Crippen molar-refractivity contribution in [3.8, 4) is 28.1 Å². The lowest BCUT2D eigenvalue weighted by atomic mass is 10.1. The van der Waals surface area contributed by atoms with Crippen molar-refractivity contribution in [1.29, 1.82) is 0 Å². The molecule has 2 aromatic carbocycles. The maximum absolute atomic E-state index is 12.1. The predicted molar refractivity (Wildman–Crippen MR) is 117 cm³/mol. The number of nitrogens with zero attached hydrogens (tertiary/aromatic N) is 1. The first kappa shape index (κ1) is 18.9. The molecule has 5 heteroatoms. The minimum Gasteiger partial charge on any atom is -0.484 e. The first-order valence-corrected chi connectivity index (χ1v) is 10.2. The van der Waals surface area contributed by atoms with E-state index in [4.69, 9.17) is 4.74 Å². The Kier molecular flexibility index (Phi) is 5.98. The van der Waals surface area contributed by atoms with Crippen LogP contribution in [0.3, 0.4) is 0 Å². The number of benzene rings is 2. The van der Waals surface area contributed by atoms with Crippen LogP contribution >= 0.6 is 11.3 Å². The van der Waals surface area contributed by atoms with Crippen LogP contribution in [-0.4, -0.2) is 17.5 Å². The highest BCUT2D eigenvalue weighted by Gasteiger charge is 2.06. The standard InChI is InChI=1S/C24H20N2O2S/c27-24(26-15-18-10-12-25-23(14-18)21-11-13-29-17-21)16-28-22-8-6-20(7-9-22)19-4-2-1-3-5-19/h1-14,17H,15-16H2,(H,26,27). The van der Waals surface area contributed by atoms with Gasteiger partial charge in [-0.2, -0.15) is 11.3 Å². The molecule has 0 aliphatic heterocycles. The number of amides is 1. The molecule has 144 valence electrons.